The Labute approximate surface area is 210 Å². The summed E-state index contributed by atoms with van der Waals surface area (Å²) in [6, 6.07) is 0. The van der Waals surface area contributed by atoms with Crippen molar-refractivity contribution in [3.05, 3.63) is 12.7 Å². The van der Waals surface area contributed by atoms with E-state index >= 15 is 0 Å². The zero-order valence-electron chi connectivity index (χ0n) is 18.0. The van der Waals surface area contributed by atoms with Gasteiger partial charge in [-0.05, 0) is 34.1 Å². The molecule has 0 bridgehead atoms. The Kier molecular flexibility index (Phi) is 28.0. The predicted molar refractivity (Wildman–Crippen MR) is 146 cm³/mol. The molecular formula is C23H46O6S3. The monoisotopic (exact) mass is 514 g/mol. The van der Waals surface area contributed by atoms with Crippen molar-refractivity contribution in [2.45, 2.75) is 105 Å². The maximum absolute atomic E-state index is 10.8. The van der Waals surface area contributed by atoms with E-state index in [1.165, 1.54) is 59.5 Å². The van der Waals surface area contributed by atoms with Crippen LogP contribution >= 0.6 is 35.7 Å². The number of carboxylic acids is 2. The Morgan fingerprint density at radius 3 is 1.59 bits per heavy atom. The van der Waals surface area contributed by atoms with Crippen molar-refractivity contribution in [1.29, 1.82) is 0 Å². The van der Waals surface area contributed by atoms with Crippen molar-refractivity contribution >= 4 is 57.2 Å². The highest BCUT2D eigenvalue weighted by Crippen LogP contribution is 2.36. The first kappa shape index (κ1) is 41.2. The van der Waals surface area contributed by atoms with Crippen molar-refractivity contribution in [3.8, 4) is 0 Å². The van der Waals surface area contributed by atoms with Gasteiger partial charge in [-0.1, -0.05) is 104 Å². The predicted octanol–water partition coefficient (Wildman–Crippen LogP) is 7.45. The molecule has 2 N–H and O–H groups in total. The number of rotatable bonds is 12. The molecule has 0 atom stereocenters. The Balaban J connectivity index is -0.000000141. The molecule has 0 aliphatic carbocycles. The Morgan fingerprint density at radius 1 is 0.875 bits per heavy atom. The summed E-state index contributed by atoms with van der Waals surface area (Å²) in [6.07, 6.45) is 8.47. The third-order valence-corrected chi connectivity index (χ3v) is 6.32. The van der Waals surface area contributed by atoms with Crippen LogP contribution < -0.4 is 0 Å². The number of thioether (sulfide) groups is 2. The standard InChI is InChI=1S/C11H20O2.C9H14O4S3.3CH4/c1-3-5-6-7-8-9-10-13-11(12)4-2;1-8(2,5(10)11)15-7(14)16-9(3,4)6(12)13;;;/h4H,2-3,5-10H2,1H3;1-4H3,(H,10,11)(H,12,13);3*1H4. The third-order valence-electron chi connectivity index (χ3n) is 3.62. The number of aliphatic carboxylic acids is 2. The van der Waals surface area contributed by atoms with Gasteiger partial charge in [0, 0.05) is 6.08 Å². The second-order valence-electron chi connectivity index (χ2n) is 7.22. The molecule has 0 aliphatic rings. The Morgan fingerprint density at radius 2 is 1.25 bits per heavy atom. The van der Waals surface area contributed by atoms with Crippen LogP contribution in [0.15, 0.2) is 12.7 Å². The second kappa shape index (κ2) is 21.8. The van der Waals surface area contributed by atoms with E-state index in [-0.39, 0.29) is 28.2 Å². The summed E-state index contributed by atoms with van der Waals surface area (Å²) in [6.45, 7) is 12.2. The Bertz CT molecular complexity index is 530. The SMILES string of the molecule is C.C.C.C=CC(=O)OCCCCCCCC.CC(C)(SC(=S)SC(C)(C)C(=O)O)C(=O)O. The van der Waals surface area contributed by atoms with Crippen molar-refractivity contribution in [3.63, 3.8) is 0 Å². The minimum Gasteiger partial charge on any atom is -0.480 e. The van der Waals surface area contributed by atoms with Crippen LogP contribution in [0.25, 0.3) is 0 Å². The molecule has 9 heteroatoms. The molecule has 0 radical (unpaired) electrons. The summed E-state index contributed by atoms with van der Waals surface area (Å²) in [5.41, 5.74) is 0. The molecular weight excluding hydrogens is 468 g/mol. The second-order valence-corrected chi connectivity index (χ2v) is 11.7. The van der Waals surface area contributed by atoms with Gasteiger partial charge in [0.25, 0.3) is 0 Å². The fraction of sp³-hybridized carbons (Fsp3) is 0.739. The highest BCUT2D eigenvalue weighted by molar-refractivity contribution is 8.48. The van der Waals surface area contributed by atoms with Gasteiger partial charge in [-0.15, -0.1) is 0 Å². The lowest BCUT2D eigenvalue weighted by Gasteiger charge is -2.22. The summed E-state index contributed by atoms with van der Waals surface area (Å²) >= 11 is 6.96. The molecule has 0 aromatic carbocycles. The first-order valence-corrected chi connectivity index (χ1v) is 11.5. The molecule has 6 nitrogen and oxygen atoms in total. The van der Waals surface area contributed by atoms with Gasteiger partial charge in [0.05, 0.1) is 6.61 Å². The lowest BCUT2D eigenvalue weighted by Crippen LogP contribution is -2.31. The van der Waals surface area contributed by atoms with Crippen LogP contribution in [0.1, 0.15) is 95.4 Å². The number of thiocarbonyl (C=S) groups is 1. The van der Waals surface area contributed by atoms with Gasteiger partial charge >= 0.3 is 17.9 Å². The first-order chi connectivity index (χ1) is 13.3. The number of hydrogen-bond donors (Lipinski definition) is 2. The topological polar surface area (TPSA) is 101 Å². The van der Waals surface area contributed by atoms with Gasteiger partial charge in [0.1, 0.15) is 13.0 Å². The van der Waals surface area contributed by atoms with Gasteiger partial charge in [-0.25, -0.2) is 4.79 Å². The molecule has 0 aromatic rings. The molecule has 0 amide bonds. The van der Waals surface area contributed by atoms with E-state index < -0.39 is 21.4 Å². The number of carboxylic acid groups (broad SMARTS) is 2. The molecule has 0 rings (SSSR count). The quantitative estimate of drug-likeness (QED) is 0.119. The van der Waals surface area contributed by atoms with Crippen LogP contribution in [0.5, 0.6) is 0 Å². The Hall–Kier alpha value is -1.06. The molecule has 0 unspecified atom stereocenters. The summed E-state index contributed by atoms with van der Waals surface area (Å²) in [4.78, 5) is 32.3. The van der Waals surface area contributed by atoms with E-state index in [1.54, 1.807) is 0 Å². The fourth-order valence-electron chi connectivity index (χ4n) is 1.64. The smallest absolute Gasteiger partial charge is 0.330 e. The number of carbonyl (C=O) groups excluding carboxylic acids is 1. The highest BCUT2D eigenvalue weighted by Gasteiger charge is 2.34. The summed E-state index contributed by atoms with van der Waals surface area (Å²) in [7, 11) is 0. The summed E-state index contributed by atoms with van der Waals surface area (Å²) < 4.78 is 3.07. The van der Waals surface area contributed by atoms with E-state index in [9.17, 15) is 14.4 Å². The number of unbranched alkanes of at least 4 members (excludes halogenated alkanes) is 5. The van der Waals surface area contributed by atoms with Gasteiger partial charge in [-0.2, -0.15) is 0 Å². The van der Waals surface area contributed by atoms with Crippen LogP contribution in [0, 0.1) is 0 Å². The molecule has 0 fully saturated rings. The molecule has 32 heavy (non-hydrogen) atoms. The zero-order valence-corrected chi connectivity index (χ0v) is 20.4. The number of esters is 1. The summed E-state index contributed by atoms with van der Waals surface area (Å²) in [5.74, 6) is -2.27. The maximum atomic E-state index is 10.8. The highest BCUT2D eigenvalue weighted by atomic mass is 32.2. The van der Waals surface area contributed by atoms with Gasteiger partial charge in [0.2, 0.25) is 0 Å². The maximum Gasteiger partial charge on any atom is 0.330 e. The fourth-order valence-corrected chi connectivity index (χ4v) is 5.31. The van der Waals surface area contributed by atoms with E-state index in [0.717, 1.165) is 36.4 Å². The van der Waals surface area contributed by atoms with Crippen LogP contribution in [-0.4, -0.2) is 47.8 Å². The number of hydrogen-bond acceptors (Lipinski definition) is 7. The summed E-state index contributed by atoms with van der Waals surface area (Å²) in [5, 5.41) is 17.8. The normalized spacial score (nSPS) is 10.0. The van der Waals surface area contributed by atoms with Gasteiger partial charge in [-0.3, -0.25) is 9.59 Å². The molecule has 192 valence electrons. The minimum atomic E-state index is -1.04. The third kappa shape index (κ3) is 22.1. The van der Waals surface area contributed by atoms with Crippen molar-refractivity contribution in [2.24, 2.45) is 0 Å². The molecule has 0 spiro atoms. The lowest BCUT2D eigenvalue weighted by molar-refractivity contribution is -0.139. The van der Waals surface area contributed by atoms with E-state index in [4.69, 9.17) is 27.2 Å². The van der Waals surface area contributed by atoms with Crippen molar-refractivity contribution in [1.82, 2.24) is 0 Å². The van der Waals surface area contributed by atoms with Gasteiger partial charge < -0.3 is 14.9 Å². The minimum absolute atomic E-state index is 0. The van der Waals surface area contributed by atoms with E-state index in [2.05, 4.69) is 13.5 Å². The van der Waals surface area contributed by atoms with Crippen molar-refractivity contribution in [2.75, 3.05) is 6.61 Å². The van der Waals surface area contributed by atoms with E-state index in [1.807, 2.05) is 0 Å². The molecule has 0 heterocycles. The van der Waals surface area contributed by atoms with E-state index in [0.29, 0.717) is 10.1 Å². The lowest BCUT2D eigenvalue weighted by atomic mass is 10.1. The van der Waals surface area contributed by atoms with Crippen LogP contribution in [0.4, 0.5) is 0 Å². The largest absolute Gasteiger partial charge is 0.480 e. The zero-order chi connectivity index (χ0) is 23.1. The number of ether oxygens (including phenoxy) is 1. The van der Waals surface area contributed by atoms with Crippen LogP contribution in [0.2, 0.25) is 0 Å². The molecule has 0 aliphatic heterocycles. The van der Waals surface area contributed by atoms with Crippen LogP contribution in [-0.2, 0) is 19.1 Å². The molecule has 0 aromatic heterocycles. The average Bonchev–Trinajstić information content (AvgIpc) is 2.59. The van der Waals surface area contributed by atoms with Crippen molar-refractivity contribution < 1.29 is 29.3 Å². The van der Waals surface area contributed by atoms with Gasteiger partial charge in [0.15, 0.2) is 0 Å². The molecule has 0 saturated heterocycles. The first-order valence-electron chi connectivity index (χ1n) is 9.48. The average molecular weight is 515 g/mol. The van der Waals surface area contributed by atoms with Crippen LogP contribution in [0.3, 0.4) is 0 Å². The molecule has 0 saturated carbocycles. The number of carbonyl (C=O) groups is 3.